The van der Waals surface area contributed by atoms with Crippen LogP contribution in [-0.2, 0) is 23.9 Å². The topological polar surface area (TPSA) is 69.7 Å². The lowest BCUT2D eigenvalue weighted by Crippen LogP contribution is -2.49. The summed E-state index contributed by atoms with van der Waals surface area (Å²) in [5.41, 5.74) is 1.38. The molecule has 4 rings (SSSR count). The zero-order valence-electron chi connectivity index (χ0n) is 18.9. The van der Waals surface area contributed by atoms with E-state index in [1.165, 1.54) is 5.57 Å². The Morgan fingerprint density at radius 3 is 2.71 bits per heavy atom. The van der Waals surface area contributed by atoms with Gasteiger partial charge in [-0.1, -0.05) is 35.4 Å². The Balaban J connectivity index is 1.48. The highest BCUT2D eigenvalue weighted by atomic mass is 79.9. The first kappa shape index (κ1) is 23.0. The molecule has 0 aromatic rings. The Morgan fingerprint density at radius 1 is 1.23 bits per heavy atom. The SMILES string of the molecule is CC[C@H]1C[C@H]2[C@@H]3CCC4=CC(=O)CC[C@@H]4[C@H]3CC[C@]2(C)[C@H]1OC(=O)COC(=O)C(C)Br. The summed E-state index contributed by atoms with van der Waals surface area (Å²) in [6.07, 6.45) is 10.0. The van der Waals surface area contributed by atoms with Gasteiger partial charge in [-0.05, 0) is 87.5 Å². The fourth-order valence-electron chi connectivity index (χ4n) is 7.35. The fraction of sp³-hybridized carbons (Fsp3) is 0.800. The van der Waals surface area contributed by atoms with E-state index in [0.29, 0.717) is 41.8 Å². The van der Waals surface area contributed by atoms with Crippen molar-refractivity contribution in [3.63, 3.8) is 0 Å². The van der Waals surface area contributed by atoms with Gasteiger partial charge in [0.25, 0.3) is 0 Å². The first-order chi connectivity index (χ1) is 14.7. The maximum Gasteiger partial charge on any atom is 0.344 e. The summed E-state index contributed by atoms with van der Waals surface area (Å²) in [6, 6.07) is 0. The van der Waals surface area contributed by atoms with E-state index in [-0.39, 0.29) is 18.1 Å². The normalized spacial score (nSPS) is 40.1. The predicted molar refractivity (Wildman–Crippen MR) is 120 cm³/mol. The summed E-state index contributed by atoms with van der Waals surface area (Å²) in [5, 5.41) is 0. The molecule has 4 aliphatic rings. The van der Waals surface area contributed by atoms with Gasteiger partial charge in [0.05, 0.1) is 0 Å². The predicted octanol–water partition coefficient (Wildman–Crippen LogP) is 5.00. The van der Waals surface area contributed by atoms with Crippen molar-refractivity contribution in [2.45, 2.75) is 83.1 Å². The highest BCUT2D eigenvalue weighted by molar-refractivity contribution is 9.10. The van der Waals surface area contributed by atoms with Gasteiger partial charge in [0.2, 0.25) is 0 Å². The molecule has 172 valence electrons. The number of hydrogen-bond donors (Lipinski definition) is 0. The van der Waals surface area contributed by atoms with Crippen molar-refractivity contribution in [2.75, 3.05) is 6.61 Å². The molecule has 1 unspecified atom stereocenters. The van der Waals surface area contributed by atoms with E-state index in [4.69, 9.17) is 9.47 Å². The highest BCUT2D eigenvalue weighted by Gasteiger charge is 2.60. The highest BCUT2D eigenvalue weighted by Crippen LogP contribution is 2.64. The number of esters is 2. The zero-order chi connectivity index (χ0) is 22.3. The molecule has 3 saturated carbocycles. The Kier molecular flexibility index (Phi) is 6.67. The van der Waals surface area contributed by atoms with Crippen LogP contribution in [-0.4, -0.2) is 35.3 Å². The molecule has 6 heteroatoms. The quantitative estimate of drug-likeness (QED) is 0.397. The minimum atomic E-state index is -0.447. The molecule has 3 fully saturated rings. The van der Waals surface area contributed by atoms with Crippen LogP contribution >= 0.6 is 15.9 Å². The lowest BCUT2D eigenvalue weighted by atomic mass is 9.52. The summed E-state index contributed by atoms with van der Waals surface area (Å²) in [4.78, 5) is 35.7. The minimum absolute atomic E-state index is 0.0179. The molecule has 0 radical (unpaired) electrons. The van der Waals surface area contributed by atoms with E-state index >= 15 is 0 Å². The average Bonchev–Trinajstić information content (AvgIpc) is 3.03. The number of ketones is 1. The van der Waals surface area contributed by atoms with E-state index in [1.54, 1.807) is 6.92 Å². The van der Waals surface area contributed by atoms with Crippen LogP contribution in [0, 0.1) is 35.0 Å². The smallest absolute Gasteiger partial charge is 0.344 e. The van der Waals surface area contributed by atoms with Crippen LogP contribution in [0.3, 0.4) is 0 Å². The molecule has 4 aliphatic carbocycles. The summed E-state index contributed by atoms with van der Waals surface area (Å²) >= 11 is 3.16. The van der Waals surface area contributed by atoms with Gasteiger partial charge >= 0.3 is 11.9 Å². The van der Waals surface area contributed by atoms with Gasteiger partial charge in [0.1, 0.15) is 10.9 Å². The molecule has 5 nitrogen and oxygen atoms in total. The monoisotopic (exact) mass is 494 g/mol. The molecule has 0 amide bonds. The van der Waals surface area contributed by atoms with Crippen LogP contribution in [0.5, 0.6) is 0 Å². The molecule has 0 spiro atoms. The first-order valence-corrected chi connectivity index (χ1v) is 12.9. The third kappa shape index (κ3) is 4.26. The largest absolute Gasteiger partial charge is 0.459 e. The Hall–Kier alpha value is -1.17. The van der Waals surface area contributed by atoms with Crippen molar-refractivity contribution in [3.8, 4) is 0 Å². The fourth-order valence-corrected chi connectivity index (χ4v) is 7.48. The molecule has 0 aromatic heterocycles. The van der Waals surface area contributed by atoms with Crippen molar-refractivity contribution in [2.24, 2.45) is 35.0 Å². The van der Waals surface area contributed by atoms with Gasteiger partial charge in [-0.15, -0.1) is 0 Å². The summed E-state index contributed by atoms with van der Waals surface area (Å²) in [7, 11) is 0. The number of allylic oxidation sites excluding steroid dienone is 1. The molecule has 0 N–H and O–H groups in total. The second-order valence-corrected chi connectivity index (χ2v) is 11.8. The number of carbonyl (C=O) groups excluding carboxylic acids is 3. The third-order valence-corrected chi connectivity index (χ3v) is 9.19. The maximum absolute atomic E-state index is 12.6. The standard InChI is InChI=1S/C25H35BrO5/c1-4-15-12-21-20-7-5-16-11-17(27)6-8-18(16)19(20)9-10-25(21,3)23(15)31-22(28)13-30-24(29)14(2)26/h11,14-15,18-21,23H,4-10,12-13H2,1-3H3/t14?,15-,18-,19+,20+,21-,23-,25-/m0/s1. The van der Waals surface area contributed by atoms with Crippen LogP contribution < -0.4 is 0 Å². The van der Waals surface area contributed by atoms with Gasteiger partial charge in [-0.25, -0.2) is 4.79 Å². The number of hydrogen-bond acceptors (Lipinski definition) is 5. The molecular formula is C25H35BrO5. The van der Waals surface area contributed by atoms with E-state index < -0.39 is 16.8 Å². The van der Waals surface area contributed by atoms with E-state index in [0.717, 1.165) is 44.9 Å². The molecule has 8 atom stereocenters. The summed E-state index contributed by atoms with van der Waals surface area (Å²) in [6.45, 7) is 5.86. The third-order valence-electron chi connectivity index (χ3n) is 8.81. The zero-order valence-corrected chi connectivity index (χ0v) is 20.5. The van der Waals surface area contributed by atoms with E-state index in [9.17, 15) is 14.4 Å². The number of alkyl halides is 1. The molecular weight excluding hydrogens is 460 g/mol. The molecule has 0 saturated heterocycles. The summed E-state index contributed by atoms with van der Waals surface area (Å²) < 4.78 is 11.1. The van der Waals surface area contributed by atoms with Crippen molar-refractivity contribution < 1.29 is 23.9 Å². The lowest BCUT2D eigenvalue weighted by molar-refractivity contribution is -0.171. The molecule has 0 heterocycles. The van der Waals surface area contributed by atoms with Crippen LogP contribution in [0.2, 0.25) is 0 Å². The Morgan fingerprint density at radius 2 is 2.00 bits per heavy atom. The molecule has 0 bridgehead atoms. The van der Waals surface area contributed by atoms with Crippen molar-refractivity contribution in [1.29, 1.82) is 0 Å². The first-order valence-electron chi connectivity index (χ1n) is 12.0. The van der Waals surface area contributed by atoms with Gasteiger partial charge in [0, 0.05) is 11.8 Å². The van der Waals surface area contributed by atoms with Crippen molar-refractivity contribution in [3.05, 3.63) is 11.6 Å². The van der Waals surface area contributed by atoms with Gasteiger partial charge in [-0.3, -0.25) is 9.59 Å². The average molecular weight is 495 g/mol. The summed E-state index contributed by atoms with van der Waals surface area (Å²) in [5.74, 6) is 2.23. The van der Waals surface area contributed by atoms with E-state index in [2.05, 4.69) is 29.8 Å². The molecule has 0 aliphatic heterocycles. The van der Waals surface area contributed by atoms with Gasteiger partial charge in [0.15, 0.2) is 12.4 Å². The van der Waals surface area contributed by atoms with Gasteiger partial charge < -0.3 is 9.47 Å². The van der Waals surface area contributed by atoms with Crippen LogP contribution in [0.4, 0.5) is 0 Å². The van der Waals surface area contributed by atoms with E-state index in [1.807, 2.05) is 6.08 Å². The molecule has 0 aromatic carbocycles. The Labute approximate surface area is 193 Å². The lowest BCUT2D eigenvalue weighted by Gasteiger charge is -2.53. The number of carbonyl (C=O) groups is 3. The minimum Gasteiger partial charge on any atom is -0.459 e. The maximum atomic E-state index is 12.6. The number of fused-ring (bicyclic) bond motifs is 5. The van der Waals surface area contributed by atoms with Crippen molar-refractivity contribution in [1.82, 2.24) is 0 Å². The van der Waals surface area contributed by atoms with Gasteiger partial charge in [-0.2, -0.15) is 0 Å². The second-order valence-electron chi connectivity index (χ2n) is 10.4. The van der Waals surface area contributed by atoms with Crippen LogP contribution in [0.15, 0.2) is 11.6 Å². The number of halogens is 1. The second kappa shape index (κ2) is 8.99. The number of ether oxygens (including phenoxy) is 2. The Bertz CT molecular complexity index is 774. The molecule has 31 heavy (non-hydrogen) atoms. The van der Waals surface area contributed by atoms with Crippen molar-refractivity contribution >= 4 is 33.7 Å². The van der Waals surface area contributed by atoms with Crippen LogP contribution in [0.1, 0.15) is 72.1 Å². The number of rotatable bonds is 5. The van der Waals surface area contributed by atoms with Crippen LogP contribution in [0.25, 0.3) is 0 Å².